The first-order valence-corrected chi connectivity index (χ1v) is 10.8. The summed E-state index contributed by atoms with van der Waals surface area (Å²) in [5.41, 5.74) is 2.32. The van der Waals surface area contributed by atoms with Crippen molar-refractivity contribution in [1.82, 2.24) is 4.57 Å². The van der Waals surface area contributed by atoms with Crippen molar-refractivity contribution in [3.8, 4) is 22.9 Å². The zero-order valence-electron chi connectivity index (χ0n) is 18.3. The van der Waals surface area contributed by atoms with Crippen LogP contribution in [0.5, 0.6) is 17.2 Å². The minimum absolute atomic E-state index is 0.0604. The summed E-state index contributed by atoms with van der Waals surface area (Å²) in [5, 5.41) is 0. The summed E-state index contributed by atoms with van der Waals surface area (Å²) in [6, 6.07) is 26.9. The van der Waals surface area contributed by atoms with E-state index in [0.29, 0.717) is 5.56 Å². The molecule has 3 aromatic carbocycles. The first-order chi connectivity index (χ1) is 16.2. The third-order valence-electron chi connectivity index (χ3n) is 5.58. The average Bonchev–Trinajstić information content (AvgIpc) is 3.36. The Bertz CT molecular complexity index is 1210. The van der Waals surface area contributed by atoms with Gasteiger partial charge in [-0.1, -0.05) is 24.3 Å². The predicted octanol–water partition coefficient (Wildman–Crippen LogP) is 5.32. The van der Waals surface area contributed by atoms with Gasteiger partial charge in [-0.05, 0) is 60.7 Å². The van der Waals surface area contributed by atoms with E-state index in [1.165, 1.54) is 7.11 Å². The third-order valence-corrected chi connectivity index (χ3v) is 5.58. The lowest BCUT2D eigenvalue weighted by Gasteiger charge is -2.41. The average molecular weight is 440 g/mol. The second kappa shape index (κ2) is 9.12. The Kier molecular flexibility index (Phi) is 5.72. The molecule has 33 heavy (non-hydrogen) atoms. The lowest BCUT2D eigenvalue weighted by Crippen LogP contribution is -2.54. The quantitative estimate of drug-likeness (QED) is 0.364. The van der Waals surface area contributed by atoms with E-state index in [1.54, 1.807) is 6.07 Å². The van der Waals surface area contributed by atoms with Crippen LogP contribution in [0, 0.1) is 0 Å². The summed E-state index contributed by atoms with van der Waals surface area (Å²) in [6.45, 7) is 1.45. The molecule has 0 N–H and O–H groups in total. The molecule has 166 valence electrons. The van der Waals surface area contributed by atoms with Crippen LogP contribution >= 0.6 is 0 Å². The highest BCUT2D eigenvalue weighted by molar-refractivity contribution is 5.96. The fourth-order valence-electron chi connectivity index (χ4n) is 3.93. The summed E-state index contributed by atoms with van der Waals surface area (Å²) < 4.78 is 18.9. The van der Waals surface area contributed by atoms with Gasteiger partial charge in [-0.3, -0.25) is 0 Å². The van der Waals surface area contributed by atoms with Crippen LogP contribution in [-0.4, -0.2) is 36.8 Å². The number of nitrogens with zero attached hydrogens (tertiary/aromatic N) is 2. The lowest BCUT2D eigenvalue weighted by molar-refractivity contribution is 0.0600. The number of aromatic nitrogens is 1. The van der Waals surface area contributed by atoms with Crippen molar-refractivity contribution in [2.24, 2.45) is 0 Å². The van der Waals surface area contributed by atoms with Crippen LogP contribution in [0.25, 0.3) is 5.69 Å². The monoisotopic (exact) mass is 440 g/mol. The zero-order chi connectivity index (χ0) is 22.6. The number of ether oxygens (including phenoxy) is 3. The molecule has 1 aromatic heterocycles. The maximum atomic E-state index is 12.4. The standard InChI is InChI=1S/C27H24N2O4/c1-31-27(30)24-10-7-11-25(26(24)28-16-5-6-17-28)29-18-23(19-29)33-22-14-12-21(13-15-22)32-20-8-3-2-4-9-20/h2-17,23H,18-19H2,1H3. The molecule has 0 radical (unpaired) electrons. The molecule has 1 fully saturated rings. The van der Waals surface area contributed by atoms with E-state index >= 15 is 0 Å². The Morgan fingerprint density at radius 1 is 0.788 bits per heavy atom. The molecule has 0 bridgehead atoms. The molecule has 4 aromatic rings. The van der Waals surface area contributed by atoms with Gasteiger partial charge in [0.15, 0.2) is 0 Å². The van der Waals surface area contributed by atoms with Crippen LogP contribution in [0.4, 0.5) is 5.69 Å². The minimum atomic E-state index is -0.355. The Balaban J connectivity index is 1.26. The molecule has 0 aliphatic carbocycles. The Labute approximate surface area is 192 Å². The second-order valence-electron chi connectivity index (χ2n) is 7.79. The molecule has 0 atom stereocenters. The fourth-order valence-corrected chi connectivity index (χ4v) is 3.93. The number of benzene rings is 3. The van der Waals surface area contributed by atoms with Crippen molar-refractivity contribution < 1.29 is 19.0 Å². The number of carbonyl (C=O) groups excluding carboxylic acids is 1. The normalized spacial score (nSPS) is 13.3. The SMILES string of the molecule is COC(=O)c1cccc(N2CC(Oc3ccc(Oc4ccccc4)cc3)C2)c1-n1cccc1. The number of carbonyl (C=O) groups is 1. The molecule has 1 saturated heterocycles. The van der Waals surface area contributed by atoms with E-state index in [-0.39, 0.29) is 12.1 Å². The first kappa shape index (κ1) is 20.7. The molecule has 1 aliphatic heterocycles. The Morgan fingerprint density at radius 2 is 1.45 bits per heavy atom. The minimum Gasteiger partial charge on any atom is -0.487 e. The molecule has 0 amide bonds. The van der Waals surface area contributed by atoms with E-state index in [0.717, 1.165) is 41.7 Å². The number of methoxy groups -OCH3 is 1. The largest absolute Gasteiger partial charge is 0.487 e. The Hall–Kier alpha value is -4.19. The molecule has 0 unspecified atom stereocenters. The van der Waals surface area contributed by atoms with Crippen molar-refractivity contribution in [2.75, 3.05) is 25.1 Å². The van der Waals surface area contributed by atoms with Crippen molar-refractivity contribution in [3.05, 3.63) is 103 Å². The molecule has 0 spiro atoms. The molecule has 0 saturated carbocycles. The van der Waals surface area contributed by atoms with Gasteiger partial charge in [-0.15, -0.1) is 0 Å². The van der Waals surface area contributed by atoms with Gasteiger partial charge in [-0.25, -0.2) is 4.79 Å². The molecule has 5 rings (SSSR count). The van der Waals surface area contributed by atoms with Gasteiger partial charge < -0.3 is 23.7 Å². The molecule has 6 heteroatoms. The van der Waals surface area contributed by atoms with Gasteiger partial charge in [0.05, 0.1) is 37.1 Å². The van der Waals surface area contributed by atoms with Gasteiger partial charge in [-0.2, -0.15) is 0 Å². The summed E-state index contributed by atoms with van der Waals surface area (Å²) in [6.07, 6.45) is 3.92. The van der Waals surface area contributed by atoms with E-state index < -0.39 is 0 Å². The molecular weight excluding hydrogens is 416 g/mol. The van der Waals surface area contributed by atoms with Crippen LogP contribution in [-0.2, 0) is 4.74 Å². The smallest absolute Gasteiger partial charge is 0.340 e. The van der Waals surface area contributed by atoms with Crippen LogP contribution in [0.2, 0.25) is 0 Å². The van der Waals surface area contributed by atoms with Gasteiger partial charge in [0.25, 0.3) is 0 Å². The summed E-state index contributed by atoms with van der Waals surface area (Å²) in [5.74, 6) is 2.01. The van der Waals surface area contributed by atoms with Crippen LogP contribution < -0.4 is 14.4 Å². The van der Waals surface area contributed by atoms with Crippen LogP contribution in [0.1, 0.15) is 10.4 Å². The van der Waals surface area contributed by atoms with Gasteiger partial charge in [0, 0.05) is 12.4 Å². The topological polar surface area (TPSA) is 52.9 Å². The van der Waals surface area contributed by atoms with E-state index in [4.69, 9.17) is 14.2 Å². The highest BCUT2D eigenvalue weighted by Crippen LogP contribution is 2.33. The van der Waals surface area contributed by atoms with Crippen molar-refractivity contribution >= 4 is 11.7 Å². The number of anilines is 1. The number of rotatable bonds is 7. The van der Waals surface area contributed by atoms with Crippen molar-refractivity contribution in [2.45, 2.75) is 6.10 Å². The lowest BCUT2D eigenvalue weighted by atomic mass is 10.1. The maximum Gasteiger partial charge on any atom is 0.340 e. The van der Waals surface area contributed by atoms with Gasteiger partial charge >= 0.3 is 5.97 Å². The maximum absolute atomic E-state index is 12.4. The van der Waals surface area contributed by atoms with Crippen molar-refractivity contribution in [1.29, 1.82) is 0 Å². The third kappa shape index (κ3) is 4.41. The number of esters is 1. The van der Waals surface area contributed by atoms with Crippen LogP contribution in [0.3, 0.4) is 0 Å². The highest BCUT2D eigenvalue weighted by Gasteiger charge is 2.32. The van der Waals surface area contributed by atoms with E-state index in [9.17, 15) is 4.79 Å². The predicted molar refractivity (Wildman–Crippen MR) is 127 cm³/mol. The summed E-state index contributed by atoms with van der Waals surface area (Å²) in [4.78, 5) is 14.6. The highest BCUT2D eigenvalue weighted by atomic mass is 16.5. The molecule has 2 heterocycles. The number of hydrogen-bond acceptors (Lipinski definition) is 5. The summed E-state index contributed by atoms with van der Waals surface area (Å²) in [7, 11) is 1.40. The van der Waals surface area contributed by atoms with Crippen LogP contribution in [0.15, 0.2) is 97.3 Å². The zero-order valence-corrected chi connectivity index (χ0v) is 18.3. The van der Waals surface area contributed by atoms with Crippen molar-refractivity contribution in [3.63, 3.8) is 0 Å². The first-order valence-electron chi connectivity index (χ1n) is 10.8. The fraction of sp³-hybridized carbons (Fsp3) is 0.148. The summed E-state index contributed by atoms with van der Waals surface area (Å²) >= 11 is 0. The number of para-hydroxylation sites is 2. The van der Waals surface area contributed by atoms with Gasteiger partial charge in [0.2, 0.25) is 0 Å². The molecule has 1 aliphatic rings. The van der Waals surface area contributed by atoms with Gasteiger partial charge in [0.1, 0.15) is 23.4 Å². The van der Waals surface area contributed by atoms with E-state index in [1.807, 2.05) is 95.8 Å². The Morgan fingerprint density at radius 3 is 2.15 bits per heavy atom. The molecular formula is C27H24N2O4. The molecule has 6 nitrogen and oxygen atoms in total. The second-order valence-corrected chi connectivity index (χ2v) is 7.79. The van der Waals surface area contributed by atoms with E-state index in [2.05, 4.69) is 4.90 Å². The number of hydrogen-bond donors (Lipinski definition) is 0.